The molecule has 2 aromatic heterocycles. The third kappa shape index (κ3) is 3.80. The van der Waals surface area contributed by atoms with E-state index in [4.69, 9.17) is 0 Å². The van der Waals surface area contributed by atoms with Gasteiger partial charge in [0.2, 0.25) is 5.91 Å². The van der Waals surface area contributed by atoms with Gasteiger partial charge in [-0.05, 0) is 44.2 Å². The molecule has 6 nitrogen and oxygen atoms in total. The van der Waals surface area contributed by atoms with E-state index in [1.54, 1.807) is 31.5 Å². The maximum absolute atomic E-state index is 12.5. The molecule has 0 aliphatic heterocycles. The number of carbonyl (C=O) groups excluding carboxylic acids is 1. The van der Waals surface area contributed by atoms with Crippen LogP contribution in [0, 0.1) is 6.92 Å². The van der Waals surface area contributed by atoms with Crippen LogP contribution in [0.3, 0.4) is 0 Å². The van der Waals surface area contributed by atoms with Gasteiger partial charge in [-0.15, -0.1) is 0 Å². The van der Waals surface area contributed by atoms with Crippen molar-refractivity contribution in [2.75, 3.05) is 5.32 Å². The van der Waals surface area contributed by atoms with E-state index < -0.39 is 6.04 Å². The first-order valence-corrected chi connectivity index (χ1v) is 7.92. The summed E-state index contributed by atoms with van der Waals surface area (Å²) in [4.78, 5) is 28.7. The summed E-state index contributed by atoms with van der Waals surface area (Å²) in [6.45, 7) is 3.62. The topological polar surface area (TPSA) is 76.9 Å². The second-order valence-electron chi connectivity index (χ2n) is 5.77. The van der Waals surface area contributed by atoms with Crippen LogP contribution in [0.5, 0.6) is 0 Å². The van der Waals surface area contributed by atoms with Gasteiger partial charge in [0.15, 0.2) is 0 Å². The van der Waals surface area contributed by atoms with E-state index in [0.717, 1.165) is 11.1 Å². The first-order valence-electron chi connectivity index (χ1n) is 7.92. The number of nitrogens with zero attached hydrogens (tertiary/aromatic N) is 3. The third-order valence-electron chi connectivity index (χ3n) is 3.85. The average Bonchev–Trinajstić information content (AvgIpc) is 2.64. The molecular weight excluding hydrogens is 316 g/mol. The molecule has 0 saturated heterocycles. The number of anilines is 1. The number of amides is 1. The van der Waals surface area contributed by atoms with Gasteiger partial charge in [0.1, 0.15) is 6.04 Å². The standard InChI is InChI=1S/C19H18N4O2/c1-13-5-7-16(8-6-13)21-19(25)14(2)23-18(24)10-9-17(22-23)15-4-3-11-20-12-15/h3-12,14H,1-2H3,(H,21,25). The summed E-state index contributed by atoms with van der Waals surface area (Å²) < 4.78 is 1.19. The minimum atomic E-state index is -0.745. The Hall–Kier alpha value is -3.28. The number of aryl methyl sites for hydroxylation is 1. The normalized spacial score (nSPS) is 11.8. The molecule has 0 aliphatic carbocycles. The van der Waals surface area contributed by atoms with E-state index in [0.29, 0.717) is 11.4 Å². The number of nitrogens with one attached hydrogen (secondary N) is 1. The van der Waals surface area contributed by atoms with Crippen molar-refractivity contribution in [2.24, 2.45) is 0 Å². The lowest BCUT2D eigenvalue weighted by atomic mass is 10.2. The highest BCUT2D eigenvalue weighted by Gasteiger charge is 2.18. The summed E-state index contributed by atoms with van der Waals surface area (Å²) in [6.07, 6.45) is 3.32. The second kappa shape index (κ2) is 7.09. The van der Waals surface area contributed by atoms with Gasteiger partial charge in [-0.2, -0.15) is 5.10 Å². The number of rotatable bonds is 4. The molecule has 0 fully saturated rings. The van der Waals surface area contributed by atoms with Crippen molar-refractivity contribution in [3.8, 4) is 11.3 Å². The van der Waals surface area contributed by atoms with Crippen molar-refractivity contribution >= 4 is 11.6 Å². The summed E-state index contributed by atoms with van der Waals surface area (Å²) in [6, 6.07) is 13.4. The molecule has 1 unspecified atom stereocenters. The zero-order chi connectivity index (χ0) is 17.8. The Bertz CT molecular complexity index is 934. The first-order chi connectivity index (χ1) is 12.0. The molecule has 3 aromatic rings. The molecule has 0 aliphatic rings. The summed E-state index contributed by atoms with van der Waals surface area (Å²) >= 11 is 0. The van der Waals surface area contributed by atoms with E-state index in [9.17, 15) is 9.59 Å². The molecule has 0 spiro atoms. The van der Waals surface area contributed by atoms with Crippen LogP contribution in [-0.4, -0.2) is 20.7 Å². The van der Waals surface area contributed by atoms with Gasteiger partial charge in [-0.25, -0.2) is 4.68 Å². The van der Waals surface area contributed by atoms with E-state index in [1.807, 2.05) is 37.3 Å². The van der Waals surface area contributed by atoms with Crippen LogP contribution in [0.15, 0.2) is 65.7 Å². The van der Waals surface area contributed by atoms with E-state index >= 15 is 0 Å². The number of pyridine rings is 1. The molecule has 25 heavy (non-hydrogen) atoms. The Balaban J connectivity index is 1.86. The molecule has 1 atom stereocenters. The fraction of sp³-hybridized carbons (Fsp3) is 0.158. The molecule has 0 saturated carbocycles. The van der Waals surface area contributed by atoms with Crippen LogP contribution in [0.4, 0.5) is 5.69 Å². The Kier molecular flexibility index (Phi) is 4.70. The highest BCUT2D eigenvalue weighted by Crippen LogP contribution is 2.15. The zero-order valence-electron chi connectivity index (χ0n) is 14.0. The van der Waals surface area contributed by atoms with Gasteiger partial charge in [-0.1, -0.05) is 17.7 Å². The number of carbonyl (C=O) groups is 1. The van der Waals surface area contributed by atoms with Gasteiger partial charge in [0.05, 0.1) is 5.69 Å². The number of hydrogen-bond acceptors (Lipinski definition) is 4. The Morgan fingerprint density at radius 1 is 1.12 bits per heavy atom. The zero-order valence-corrected chi connectivity index (χ0v) is 14.0. The molecular formula is C19H18N4O2. The van der Waals surface area contributed by atoms with Crippen LogP contribution in [0.2, 0.25) is 0 Å². The van der Waals surface area contributed by atoms with Crippen molar-refractivity contribution in [2.45, 2.75) is 19.9 Å². The lowest BCUT2D eigenvalue weighted by molar-refractivity contribution is -0.119. The molecule has 1 amide bonds. The minimum absolute atomic E-state index is 0.304. The fourth-order valence-corrected chi connectivity index (χ4v) is 2.37. The maximum Gasteiger partial charge on any atom is 0.267 e. The summed E-state index contributed by atoms with van der Waals surface area (Å²) in [5.41, 5.74) is 2.82. The van der Waals surface area contributed by atoms with E-state index in [-0.39, 0.29) is 11.5 Å². The van der Waals surface area contributed by atoms with Crippen LogP contribution in [0.1, 0.15) is 18.5 Å². The van der Waals surface area contributed by atoms with Crippen LogP contribution >= 0.6 is 0 Å². The van der Waals surface area contributed by atoms with Gasteiger partial charge < -0.3 is 5.32 Å². The van der Waals surface area contributed by atoms with Gasteiger partial charge in [-0.3, -0.25) is 14.6 Å². The SMILES string of the molecule is Cc1ccc(NC(=O)C(C)n2nc(-c3cccnc3)ccc2=O)cc1. The van der Waals surface area contributed by atoms with Crippen molar-refractivity contribution in [3.63, 3.8) is 0 Å². The first kappa shape index (κ1) is 16.6. The molecule has 0 radical (unpaired) electrons. The summed E-state index contributed by atoms with van der Waals surface area (Å²) in [5.74, 6) is -0.304. The molecule has 1 aromatic carbocycles. The monoisotopic (exact) mass is 334 g/mol. The van der Waals surface area contributed by atoms with Crippen LogP contribution in [-0.2, 0) is 4.79 Å². The number of aromatic nitrogens is 3. The Labute approximate surface area is 145 Å². The van der Waals surface area contributed by atoms with Gasteiger partial charge in [0.25, 0.3) is 5.56 Å². The number of hydrogen-bond donors (Lipinski definition) is 1. The Morgan fingerprint density at radius 2 is 1.88 bits per heavy atom. The molecule has 6 heteroatoms. The van der Waals surface area contributed by atoms with Gasteiger partial charge >= 0.3 is 0 Å². The maximum atomic E-state index is 12.5. The third-order valence-corrected chi connectivity index (χ3v) is 3.85. The lowest BCUT2D eigenvalue weighted by Crippen LogP contribution is -2.33. The predicted molar refractivity (Wildman–Crippen MR) is 96.2 cm³/mol. The average molecular weight is 334 g/mol. The van der Waals surface area contributed by atoms with Crippen molar-refractivity contribution < 1.29 is 4.79 Å². The molecule has 1 N–H and O–H groups in total. The van der Waals surface area contributed by atoms with Crippen molar-refractivity contribution in [1.82, 2.24) is 14.8 Å². The molecule has 2 heterocycles. The van der Waals surface area contributed by atoms with Crippen molar-refractivity contribution in [3.05, 3.63) is 76.8 Å². The summed E-state index contributed by atoms with van der Waals surface area (Å²) in [5, 5.41) is 7.13. The molecule has 0 bridgehead atoms. The van der Waals surface area contributed by atoms with Crippen molar-refractivity contribution in [1.29, 1.82) is 0 Å². The highest BCUT2D eigenvalue weighted by atomic mass is 16.2. The molecule has 3 rings (SSSR count). The lowest BCUT2D eigenvalue weighted by Gasteiger charge is -2.15. The molecule has 126 valence electrons. The largest absolute Gasteiger partial charge is 0.324 e. The fourth-order valence-electron chi connectivity index (χ4n) is 2.37. The minimum Gasteiger partial charge on any atom is -0.324 e. The van der Waals surface area contributed by atoms with E-state index in [1.165, 1.54) is 10.7 Å². The predicted octanol–water partition coefficient (Wildman–Crippen LogP) is 2.81. The summed E-state index contributed by atoms with van der Waals surface area (Å²) in [7, 11) is 0. The number of benzene rings is 1. The van der Waals surface area contributed by atoms with Gasteiger partial charge in [0, 0.05) is 29.7 Å². The van der Waals surface area contributed by atoms with Crippen LogP contribution in [0.25, 0.3) is 11.3 Å². The Morgan fingerprint density at radius 3 is 2.56 bits per heavy atom. The van der Waals surface area contributed by atoms with Crippen LogP contribution < -0.4 is 10.9 Å². The second-order valence-corrected chi connectivity index (χ2v) is 5.77. The highest BCUT2D eigenvalue weighted by molar-refractivity contribution is 5.93. The smallest absolute Gasteiger partial charge is 0.267 e. The quantitative estimate of drug-likeness (QED) is 0.796. The van der Waals surface area contributed by atoms with E-state index in [2.05, 4.69) is 15.4 Å².